The van der Waals surface area contributed by atoms with E-state index in [0.717, 1.165) is 16.1 Å². The van der Waals surface area contributed by atoms with Gasteiger partial charge in [0.2, 0.25) is 0 Å². The lowest BCUT2D eigenvalue weighted by Crippen LogP contribution is -2.46. The molecule has 2 aromatic carbocycles. The maximum Gasteiger partial charge on any atom is 0.358 e. The van der Waals surface area contributed by atoms with Crippen LogP contribution in [0.2, 0.25) is 0 Å². The zero-order valence-electron chi connectivity index (χ0n) is 16.8. The van der Waals surface area contributed by atoms with Crippen molar-refractivity contribution in [2.75, 3.05) is 6.61 Å². The van der Waals surface area contributed by atoms with Gasteiger partial charge in [-0.25, -0.2) is 9.78 Å². The van der Waals surface area contributed by atoms with Crippen molar-refractivity contribution < 1.29 is 14.3 Å². The number of esters is 1. The number of carbonyl (C=O) groups is 2. The fourth-order valence-corrected chi connectivity index (χ4v) is 3.62. The Morgan fingerprint density at radius 3 is 2.24 bits per heavy atom. The molecule has 0 bridgehead atoms. The van der Waals surface area contributed by atoms with E-state index in [4.69, 9.17) is 4.74 Å². The first-order valence-electron chi connectivity index (χ1n) is 9.37. The minimum absolute atomic E-state index is 0.215. The third kappa shape index (κ3) is 5.51. The first kappa shape index (κ1) is 20.7. The molecule has 29 heavy (non-hydrogen) atoms. The predicted octanol–water partition coefficient (Wildman–Crippen LogP) is 4.79. The fraction of sp³-hybridized carbons (Fsp3) is 0.261. The number of benzene rings is 2. The first-order chi connectivity index (χ1) is 13.8. The smallest absolute Gasteiger partial charge is 0.358 e. The van der Waals surface area contributed by atoms with Crippen molar-refractivity contribution in [3.63, 3.8) is 0 Å². The van der Waals surface area contributed by atoms with Gasteiger partial charge in [-0.15, -0.1) is 11.3 Å². The molecule has 1 amide bonds. The maximum absolute atomic E-state index is 12.8. The average molecular weight is 409 g/mol. The van der Waals surface area contributed by atoms with Crippen LogP contribution in [0.1, 0.15) is 36.8 Å². The van der Waals surface area contributed by atoms with Crippen LogP contribution in [-0.4, -0.2) is 33.9 Å². The van der Waals surface area contributed by atoms with Gasteiger partial charge in [-0.2, -0.15) is 0 Å². The Labute approximate surface area is 175 Å². The van der Waals surface area contributed by atoms with Crippen molar-refractivity contribution in [2.24, 2.45) is 0 Å². The standard InChI is InChI=1S/C23H24N2O3S/c1-23(2,3)25(14-17-10-6-4-7-11-17)20(26)15-28-22(27)19-16-29-21(24-19)18-12-8-5-9-13-18/h4-13,16H,14-15H2,1-3H3. The van der Waals surface area contributed by atoms with Gasteiger partial charge in [0.15, 0.2) is 12.3 Å². The number of aromatic nitrogens is 1. The van der Waals surface area contributed by atoms with Crippen LogP contribution in [-0.2, 0) is 16.1 Å². The van der Waals surface area contributed by atoms with E-state index >= 15 is 0 Å². The van der Waals surface area contributed by atoms with Crippen molar-refractivity contribution in [3.05, 3.63) is 77.3 Å². The van der Waals surface area contributed by atoms with E-state index in [1.54, 1.807) is 10.3 Å². The van der Waals surface area contributed by atoms with E-state index in [9.17, 15) is 9.59 Å². The van der Waals surface area contributed by atoms with Gasteiger partial charge in [-0.1, -0.05) is 60.7 Å². The van der Waals surface area contributed by atoms with Crippen LogP contribution in [0.15, 0.2) is 66.0 Å². The Kier molecular flexibility index (Phi) is 6.44. The molecule has 3 aromatic rings. The fourth-order valence-electron chi connectivity index (χ4n) is 2.83. The van der Waals surface area contributed by atoms with Gasteiger partial charge in [-0.3, -0.25) is 4.79 Å². The SMILES string of the molecule is CC(C)(C)N(Cc1ccccc1)C(=O)COC(=O)c1csc(-c2ccccc2)n1. The van der Waals surface area contributed by atoms with Crippen LogP contribution in [0, 0.1) is 0 Å². The number of amides is 1. The van der Waals surface area contributed by atoms with Gasteiger partial charge in [0.05, 0.1) is 0 Å². The quantitative estimate of drug-likeness (QED) is 0.550. The largest absolute Gasteiger partial charge is 0.451 e. The highest BCUT2D eigenvalue weighted by Gasteiger charge is 2.27. The van der Waals surface area contributed by atoms with Crippen LogP contribution in [0.25, 0.3) is 10.6 Å². The van der Waals surface area contributed by atoms with Gasteiger partial charge in [0, 0.05) is 23.0 Å². The second kappa shape index (κ2) is 9.01. The van der Waals surface area contributed by atoms with E-state index in [2.05, 4.69) is 4.98 Å². The molecule has 0 saturated heterocycles. The Balaban J connectivity index is 1.63. The third-order valence-corrected chi connectivity index (χ3v) is 5.25. The lowest BCUT2D eigenvalue weighted by Gasteiger charge is -2.35. The van der Waals surface area contributed by atoms with Crippen LogP contribution in [0.3, 0.4) is 0 Å². The molecule has 0 atom stereocenters. The summed E-state index contributed by atoms with van der Waals surface area (Å²) in [7, 11) is 0. The van der Waals surface area contributed by atoms with Gasteiger partial charge in [0.1, 0.15) is 5.01 Å². The van der Waals surface area contributed by atoms with Crippen molar-refractivity contribution in [3.8, 4) is 10.6 Å². The van der Waals surface area contributed by atoms with E-state index in [1.165, 1.54) is 11.3 Å². The zero-order chi connectivity index (χ0) is 20.9. The first-order valence-corrected chi connectivity index (χ1v) is 10.2. The summed E-state index contributed by atoms with van der Waals surface area (Å²) in [6.45, 7) is 6.02. The van der Waals surface area contributed by atoms with Gasteiger partial charge >= 0.3 is 5.97 Å². The molecule has 0 unspecified atom stereocenters. The van der Waals surface area contributed by atoms with Crippen LogP contribution >= 0.6 is 11.3 Å². The molecule has 0 saturated carbocycles. The Bertz CT molecular complexity index is 963. The number of hydrogen-bond acceptors (Lipinski definition) is 5. The van der Waals surface area contributed by atoms with Crippen LogP contribution < -0.4 is 0 Å². The number of ether oxygens (including phenoxy) is 1. The molecule has 0 aliphatic heterocycles. The molecule has 0 spiro atoms. The lowest BCUT2D eigenvalue weighted by atomic mass is 10.0. The van der Waals surface area contributed by atoms with Gasteiger partial charge in [-0.05, 0) is 26.3 Å². The summed E-state index contributed by atoms with van der Waals surface area (Å²) in [5.41, 5.74) is 1.77. The highest BCUT2D eigenvalue weighted by molar-refractivity contribution is 7.13. The van der Waals surface area contributed by atoms with Gasteiger partial charge < -0.3 is 9.64 Å². The van der Waals surface area contributed by atoms with Crippen LogP contribution in [0.5, 0.6) is 0 Å². The highest BCUT2D eigenvalue weighted by Crippen LogP contribution is 2.24. The van der Waals surface area contributed by atoms with Crippen molar-refractivity contribution >= 4 is 23.2 Å². The lowest BCUT2D eigenvalue weighted by molar-refractivity contribution is -0.140. The van der Waals surface area contributed by atoms with Crippen molar-refractivity contribution in [1.29, 1.82) is 0 Å². The molecule has 6 heteroatoms. The Morgan fingerprint density at radius 1 is 1.00 bits per heavy atom. The average Bonchev–Trinajstić information content (AvgIpc) is 3.21. The topological polar surface area (TPSA) is 59.5 Å². The van der Waals surface area contributed by atoms with Crippen molar-refractivity contribution in [1.82, 2.24) is 9.88 Å². The van der Waals surface area contributed by atoms with E-state index < -0.39 is 11.5 Å². The molecule has 0 aliphatic rings. The summed E-state index contributed by atoms with van der Waals surface area (Å²) < 4.78 is 5.27. The molecule has 0 N–H and O–H groups in total. The molecular weight excluding hydrogens is 384 g/mol. The summed E-state index contributed by atoms with van der Waals surface area (Å²) in [6, 6.07) is 19.4. The van der Waals surface area contributed by atoms with E-state index in [0.29, 0.717) is 6.54 Å². The second-order valence-electron chi connectivity index (χ2n) is 7.62. The minimum atomic E-state index is -0.592. The van der Waals surface area contributed by atoms with Crippen LogP contribution in [0.4, 0.5) is 0 Å². The molecule has 5 nitrogen and oxygen atoms in total. The van der Waals surface area contributed by atoms with E-state index in [-0.39, 0.29) is 18.2 Å². The summed E-state index contributed by atoms with van der Waals surface area (Å²) in [5.74, 6) is -0.835. The Hall–Kier alpha value is -2.99. The molecule has 0 fully saturated rings. The number of rotatable bonds is 6. The monoisotopic (exact) mass is 408 g/mol. The molecule has 0 aliphatic carbocycles. The van der Waals surface area contributed by atoms with Gasteiger partial charge in [0.25, 0.3) is 5.91 Å². The predicted molar refractivity (Wildman–Crippen MR) is 115 cm³/mol. The molecule has 1 aromatic heterocycles. The van der Waals surface area contributed by atoms with E-state index in [1.807, 2.05) is 81.4 Å². The third-order valence-electron chi connectivity index (χ3n) is 4.36. The summed E-state index contributed by atoms with van der Waals surface area (Å²) >= 11 is 1.37. The normalized spacial score (nSPS) is 11.1. The molecule has 150 valence electrons. The Morgan fingerprint density at radius 2 is 1.62 bits per heavy atom. The number of carbonyl (C=O) groups excluding carboxylic acids is 2. The molecule has 0 radical (unpaired) electrons. The summed E-state index contributed by atoms with van der Waals surface area (Å²) in [5, 5.41) is 2.39. The van der Waals surface area contributed by atoms with Crippen molar-refractivity contribution in [2.45, 2.75) is 32.9 Å². The number of hydrogen-bond donors (Lipinski definition) is 0. The highest BCUT2D eigenvalue weighted by atomic mass is 32.1. The molecule has 3 rings (SSSR count). The molecule has 1 heterocycles. The maximum atomic E-state index is 12.8. The summed E-state index contributed by atoms with van der Waals surface area (Å²) in [4.78, 5) is 31.2. The zero-order valence-corrected chi connectivity index (χ0v) is 17.6. The second-order valence-corrected chi connectivity index (χ2v) is 8.47. The number of nitrogens with zero attached hydrogens (tertiary/aromatic N) is 2. The number of thiazole rings is 1. The summed E-state index contributed by atoms with van der Waals surface area (Å²) in [6.07, 6.45) is 0. The molecular formula is C23H24N2O3S. The minimum Gasteiger partial charge on any atom is -0.451 e.